The van der Waals surface area contributed by atoms with E-state index in [4.69, 9.17) is 15.5 Å². The van der Waals surface area contributed by atoms with Crippen LogP contribution in [0.5, 0.6) is 5.75 Å². The maximum absolute atomic E-state index is 16.1. The number of ether oxygens (including phenoxy) is 1. The maximum Gasteiger partial charge on any atom is 0.170 e. The molecule has 0 bridgehead atoms. The number of hydrogen-bond donors (Lipinski definition) is 3. The van der Waals surface area contributed by atoms with Crippen LogP contribution in [0.3, 0.4) is 0 Å². The Morgan fingerprint density at radius 1 is 1.08 bits per heavy atom. The van der Waals surface area contributed by atoms with Crippen LogP contribution in [0.25, 0.3) is 22.0 Å². The predicted molar refractivity (Wildman–Crippen MR) is 153 cm³/mol. The molecule has 3 aromatic carbocycles. The summed E-state index contributed by atoms with van der Waals surface area (Å²) in [7, 11) is 0. The topological polar surface area (TPSA) is 98.2 Å². The lowest BCUT2D eigenvalue weighted by molar-refractivity contribution is 0.273. The van der Waals surface area contributed by atoms with Crippen molar-refractivity contribution in [3.63, 3.8) is 0 Å². The number of hydrogen-bond acceptors (Lipinski definition) is 6. The van der Waals surface area contributed by atoms with E-state index in [0.29, 0.717) is 36.8 Å². The van der Waals surface area contributed by atoms with Crippen molar-refractivity contribution in [2.24, 2.45) is 0 Å². The van der Waals surface area contributed by atoms with E-state index in [9.17, 15) is 5.11 Å². The van der Waals surface area contributed by atoms with Gasteiger partial charge in [-0.15, -0.1) is 0 Å². The van der Waals surface area contributed by atoms with E-state index in [-0.39, 0.29) is 12.4 Å². The lowest BCUT2D eigenvalue weighted by Gasteiger charge is -2.23. The van der Waals surface area contributed by atoms with Crippen LogP contribution >= 0.6 is 0 Å². The van der Waals surface area contributed by atoms with Gasteiger partial charge in [0.15, 0.2) is 11.6 Å². The van der Waals surface area contributed by atoms with Crippen LogP contribution in [0.2, 0.25) is 0 Å². The van der Waals surface area contributed by atoms with Gasteiger partial charge in [-0.2, -0.15) is 0 Å². The van der Waals surface area contributed by atoms with E-state index < -0.39 is 11.9 Å². The fourth-order valence-electron chi connectivity index (χ4n) is 4.79. The molecule has 1 unspecified atom stereocenters. The van der Waals surface area contributed by atoms with Crippen molar-refractivity contribution in [3.8, 4) is 17.0 Å². The molecule has 8 heteroatoms. The molecule has 0 aliphatic rings. The van der Waals surface area contributed by atoms with Crippen molar-refractivity contribution < 1.29 is 14.2 Å². The Hall–Kier alpha value is -4.43. The first-order valence-corrected chi connectivity index (χ1v) is 13.1. The minimum Gasteiger partial charge on any atom is -0.491 e. The van der Waals surface area contributed by atoms with Gasteiger partial charge in [-0.25, -0.2) is 14.4 Å². The van der Waals surface area contributed by atoms with Crippen LogP contribution in [-0.4, -0.2) is 32.9 Å². The van der Waals surface area contributed by atoms with Gasteiger partial charge >= 0.3 is 0 Å². The van der Waals surface area contributed by atoms with E-state index in [0.717, 1.165) is 33.3 Å². The van der Waals surface area contributed by atoms with Gasteiger partial charge in [0.05, 0.1) is 18.9 Å². The number of aliphatic hydroxyl groups excluding tert-OH is 1. The summed E-state index contributed by atoms with van der Waals surface area (Å²) < 4.78 is 23.7. The summed E-state index contributed by atoms with van der Waals surface area (Å²) in [5, 5.41) is 15.2. The number of anilines is 2. The lowest BCUT2D eigenvalue weighted by atomic mass is 9.99. The molecule has 0 fully saturated rings. The molecule has 5 rings (SSSR count). The van der Waals surface area contributed by atoms with Crippen LogP contribution in [0.15, 0.2) is 79.1 Å². The van der Waals surface area contributed by atoms with Crippen molar-refractivity contribution in [2.45, 2.75) is 32.9 Å². The monoisotopic (exact) mass is 525 g/mol. The SMILES string of the molecule is CCOc1cc(CC)cc(C(Nc2ccc3c(N)nccc3c2)c2nc(-c3ccccc3)cn2CCO)c1F. The van der Waals surface area contributed by atoms with E-state index >= 15 is 4.39 Å². The van der Waals surface area contributed by atoms with Crippen LogP contribution < -0.4 is 15.8 Å². The number of imidazole rings is 1. The lowest BCUT2D eigenvalue weighted by Crippen LogP contribution is -2.20. The number of aryl methyl sites for hydroxylation is 1. The minimum atomic E-state index is -0.684. The molecule has 0 saturated carbocycles. The summed E-state index contributed by atoms with van der Waals surface area (Å²) in [6, 6.07) is 20.4. The van der Waals surface area contributed by atoms with Gasteiger partial charge in [0.25, 0.3) is 0 Å². The van der Waals surface area contributed by atoms with Gasteiger partial charge in [0.2, 0.25) is 0 Å². The number of nitrogens with zero attached hydrogens (tertiary/aromatic N) is 3. The highest BCUT2D eigenvalue weighted by Gasteiger charge is 2.27. The Morgan fingerprint density at radius 2 is 1.90 bits per heavy atom. The maximum atomic E-state index is 16.1. The average molecular weight is 526 g/mol. The molecule has 1 atom stereocenters. The standard InChI is InChI=1S/C31H32FN5O2/c1-3-20-16-25(28(32)27(17-20)39-4-2)29(35-23-10-11-24-22(18-23)12-13-34-30(24)33)31-36-26(19-37(31)14-15-38)21-8-6-5-7-9-21/h5-13,16-19,29,35,38H,3-4,14-15H2,1-2H3,(H2,33,34). The summed E-state index contributed by atoms with van der Waals surface area (Å²) >= 11 is 0. The second kappa shape index (κ2) is 11.5. The number of aromatic nitrogens is 3. The number of halogens is 1. The highest BCUT2D eigenvalue weighted by atomic mass is 19.1. The van der Waals surface area contributed by atoms with Crippen molar-refractivity contribution in [1.82, 2.24) is 14.5 Å². The number of pyridine rings is 1. The zero-order valence-electron chi connectivity index (χ0n) is 22.1. The number of rotatable bonds is 10. The Morgan fingerprint density at radius 3 is 2.64 bits per heavy atom. The molecule has 2 aromatic heterocycles. The molecule has 4 N–H and O–H groups in total. The Balaban J connectivity index is 1.69. The van der Waals surface area contributed by atoms with Crippen LogP contribution in [-0.2, 0) is 13.0 Å². The third-order valence-electron chi connectivity index (χ3n) is 6.73. The Kier molecular flexibility index (Phi) is 7.74. The quantitative estimate of drug-likeness (QED) is 0.208. The zero-order valence-corrected chi connectivity index (χ0v) is 22.1. The predicted octanol–water partition coefficient (Wildman–Crippen LogP) is 5.97. The van der Waals surface area contributed by atoms with E-state index in [2.05, 4.69) is 10.3 Å². The fourth-order valence-corrected chi connectivity index (χ4v) is 4.79. The van der Waals surface area contributed by atoms with Gasteiger partial charge in [-0.3, -0.25) is 0 Å². The third-order valence-corrected chi connectivity index (χ3v) is 6.73. The molecule has 0 amide bonds. The summed E-state index contributed by atoms with van der Waals surface area (Å²) in [5.41, 5.74) is 9.85. The molecule has 0 aliphatic heterocycles. The van der Waals surface area contributed by atoms with E-state index in [1.165, 1.54) is 0 Å². The molecule has 7 nitrogen and oxygen atoms in total. The highest BCUT2D eigenvalue weighted by molar-refractivity contribution is 5.93. The number of benzene rings is 3. The second-order valence-electron chi connectivity index (χ2n) is 9.26. The molecule has 0 aliphatic carbocycles. The van der Waals surface area contributed by atoms with Crippen molar-refractivity contribution in [3.05, 3.63) is 102 Å². The van der Waals surface area contributed by atoms with Crippen molar-refractivity contribution in [2.75, 3.05) is 24.3 Å². The van der Waals surface area contributed by atoms with Crippen LogP contribution in [0.1, 0.15) is 36.8 Å². The summed E-state index contributed by atoms with van der Waals surface area (Å²) in [4.78, 5) is 9.14. The molecule has 39 heavy (non-hydrogen) atoms. The van der Waals surface area contributed by atoms with Gasteiger partial charge in [-0.1, -0.05) is 43.3 Å². The molecule has 5 aromatic rings. The highest BCUT2D eigenvalue weighted by Crippen LogP contribution is 2.35. The van der Waals surface area contributed by atoms with Crippen LogP contribution in [0, 0.1) is 5.82 Å². The number of aliphatic hydroxyl groups is 1. The summed E-state index contributed by atoms with van der Waals surface area (Å²) in [5.74, 6) is 0.789. The van der Waals surface area contributed by atoms with E-state index in [1.807, 2.05) is 85.3 Å². The Labute approximate surface area is 227 Å². The van der Waals surface area contributed by atoms with Gasteiger partial charge < -0.3 is 25.5 Å². The smallest absolute Gasteiger partial charge is 0.170 e. The minimum absolute atomic E-state index is 0.0890. The fraction of sp³-hybridized carbons (Fsp3) is 0.226. The van der Waals surface area contributed by atoms with Gasteiger partial charge in [0, 0.05) is 41.1 Å². The molecule has 200 valence electrons. The number of nitrogen functional groups attached to an aromatic ring is 1. The third kappa shape index (κ3) is 5.42. The normalized spacial score (nSPS) is 12.0. The second-order valence-corrected chi connectivity index (χ2v) is 9.26. The number of nitrogens with two attached hydrogens (primary N) is 1. The first-order valence-electron chi connectivity index (χ1n) is 13.1. The number of nitrogens with one attached hydrogen (secondary N) is 1. The first-order chi connectivity index (χ1) is 19.0. The van der Waals surface area contributed by atoms with Crippen LogP contribution in [0.4, 0.5) is 15.9 Å². The zero-order chi connectivity index (χ0) is 27.4. The average Bonchev–Trinajstić information content (AvgIpc) is 3.37. The van der Waals surface area contributed by atoms with Crippen molar-refractivity contribution in [1.29, 1.82) is 0 Å². The Bertz CT molecular complexity index is 1590. The molecular formula is C31H32FN5O2. The molecule has 0 spiro atoms. The van der Waals surface area contributed by atoms with Gasteiger partial charge in [-0.05, 0) is 54.6 Å². The molecule has 2 heterocycles. The number of fused-ring (bicyclic) bond motifs is 1. The molecular weight excluding hydrogens is 493 g/mol. The van der Waals surface area contributed by atoms with Crippen molar-refractivity contribution >= 4 is 22.3 Å². The first kappa shape index (κ1) is 26.2. The summed E-state index contributed by atoms with van der Waals surface area (Å²) in [6.45, 7) is 4.42. The van der Waals surface area contributed by atoms with E-state index in [1.54, 1.807) is 12.3 Å². The summed E-state index contributed by atoms with van der Waals surface area (Å²) in [6.07, 6.45) is 4.27. The molecule has 0 radical (unpaired) electrons. The molecule has 0 saturated heterocycles. The largest absolute Gasteiger partial charge is 0.491 e. The van der Waals surface area contributed by atoms with Gasteiger partial charge in [0.1, 0.15) is 17.7 Å².